The number of aromatic nitrogens is 2. The second-order valence-electron chi connectivity index (χ2n) is 6.89. The SMILES string of the molecule is O=C(Nc1ccnn1Cc1ccccc1Cl)C1CCN(C(=O)OCC(F)(F)F)CC1. The topological polar surface area (TPSA) is 76.5 Å². The first-order chi connectivity index (χ1) is 14.2. The summed E-state index contributed by atoms with van der Waals surface area (Å²) in [5.74, 6) is -0.105. The molecule has 0 bridgehead atoms. The van der Waals surface area contributed by atoms with Crippen molar-refractivity contribution in [2.24, 2.45) is 5.92 Å². The van der Waals surface area contributed by atoms with Crippen molar-refractivity contribution in [2.75, 3.05) is 25.0 Å². The second kappa shape index (κ2) is 9.38. The third-order valence-electron chi connectivity index (χ3n) is 4.73. The van der Waals surface area contributed by atoms with Gasteiger partial charge in [0.05, 0.1) is 12.7 Å². The summed E-state index contributed by atoms with van der Waals surface area (Å²) in [6, 6.07) is 8.98. The molecule has 0 radical (unpaired) electrons. The minimum atomic E-state index is -4.57. The molecule has 162 valence electrons. The van der Waals surface area contributed by atoms with E-state index in [9.17, 15) is 22.8 Å². The minimum absolute atomic E-state index is 0.146. The van der Waals surface area contributed by atoms with Crippen molar-refractivity contribution in [3.8, 4) is 0 Å². The summed E-state index contributed by atoms with van der Waals surface area (Å²) in [6.45, 7) is -0.950. The van der Waals surface area contributed by atoms with E-state index in [2.05, 4.69) is 15.2 Å². The maximum Gasteiger partial charge on any atom is 0.422 e. The number of carbonyl (C=O) groups is 2. The largest absolute Gasteiger partial charge is 0.440 e. The Morgan fingerprint density at radius 2 is 1.90 bits per heavy atom. The Morgan fingerprint density at radius 3 is 2.57 bits per heavy atom. The number of amides is 2. The predicted molar refractivity (Wildman–Crippen MR) is 103 cm³/mol. The van der Waals surface area contributed by atoms with Gasteiger partial charge in [-0.3, -0.25) is 4.79 Å². The van der Waals surface area contributed by atoms with E-state index in [4.69, 9.17) is 11.6 Å². The van der Waals surface area contributed by atoms with Crippen LogP contribution in [0.5, 0.6) is 0 Å². The summed E-state index contributed by atoms with van der Waals surface area (Å²) in [7, 11) is 0. The number of carbonyl (C=O) groups excluding carboxylic acids is 2. The van der Waals surface area contributed by atoms with E-state index in [0.717, 1.165) is 5.56 Å². The average molecular weight is 445 g/mol. The lowest BCUT2D eigenvalue weighted by atomic mass is 9.96. The zero-order chi connectivity index (χ0) is 21.7. The van der Waals surface area contributed by atoms with E-state index in [1.807, 2.05) is 18.2 Å². The van der Waals surface area contributed by atoms with Crippen LogP contribution in [0.15, 0.2) is 36.5 Å². The number of hydrogen-bond donors (Lipinski definition) is 1. The molecule has 0 atom stereocenters. The fraction of sp³-hybridized carbons (Fsp3) is 0.421. The van der Waals surface area contributed by atoms with Gasteiger partial charge in [0.25, 0.3) is 0 Å². The minimum Gasteiger partial charge on any atom is -0.440 e. The van der Waals surface area contributed by atoms with Gasteiger partial charge in [-0.15, -0.1) is 0 Å². The quantitative estimate of drug-likeness (QED) is 0.758. The Bertz CT molecular complexity index is 895. The molecule has 1 aliphatic rings. The molecule has 1 aromatic heterocycles. The smallest absolute Gasteiger partial charge is 0.422 e. The van der Waals surface area contributed by atoms with Crippen molar-refractivity contribution < 1.29 is 27.5 Å². The molecule has 3 rings (SSSR count). The summed E-state index contributed by atoms with van der Waals surface area (Å²) in [4.78, 5) is 25.5. The third kappa shape index (κ3) is 5.88. The van der Waals surface area contributed by atoms with Gasteiger partial charge in [0, 0.05) is 30.1 Å². The molecule has 30 heavy (non-hydrogen) atoms. The number of anilines is 1. The van der Waals surface area contributed by atoms with Crippen LogP contribution in [-0.2, 0) is 16.1 Å². The first-order valence-corrected chi connectivity index (χ1v) is 9.65. The number of nitrogens with zero attached hydrogens (tertiary/aromatic N) is 3. The molecule has 2 aromatic rings. The van der Waals surface area contributed by atoms with Gasteiger partial charge in [0.15, 0.2) is 6.61 Å². The molecule has 1 aromatic carbocycles. The van der Waals surface area contributed by atoms with Crippen LogP contribution in [0, 0.1) is 5.92 Å². The highest BCUT2D eigenvalue weighted by molar-refractivity contribution is 6.31. The van der Waals surface area contributed by atoms with E-state index >= 15 is 0 Å². The molecule has 11 heteroatoms. The first kappa shape index (κ1) is 21.9. The van der Waals surface area contributed by atoms with Crippen molar-refractivity contribution in [1.29, 1.82) is 0 Å². The molecule has 2 amide bonds. The Morgan fingerprint density at radius 1 is 1.20 bits per heavy atom. The number of halogens is 4. The molecular weight excluding hydrogens is 425 g/mol. The van der Waals surface area contributed by atoms with Crippen molar-refractivity contribution in [1.82, 2.24) is 14.7 Å². The van der Waals surface area contributed by atoms with Gasteiger partial charge in [-0.1, -0.05) is 29.8 Å². The molecule has 2 heterocycles. The lowest BCUT2D eigenvalue weighted by Gasteiger charge is -2.30. The maximum absolute atomic E-state index is 12.6. The molecular formula is C19H20ClF3N4O3. The molecule has 7 nitrogen and oxygen atoms in total. The highest BCUT2D eigenvalue weighted by Crippen LogP contribution is 2.22. The first-order valence-electron chi connectivity index (χ1n) is 9.27. The summed E-state index contributed by atoms with van der Waals surface area (Å²) in [6.07, 6.45) is -3.38. The van der Waals surface area contributed by atoms with Gasteiger partial charge >= 0.3 is 12.3 Å². The highest BCUT2D eigenvalue weighted by atomic mass is 35.5. The van der Waals surface area contributed by atoms with Crippen molar-refractivity contribution in [2.45, 2.75) is 25.6 Å². The number of hydrogen-bond acceptors (Lipinski definition) is 4. The lowest BCUT2D eigenvalue weighted by Crippen LogP contribution is -2.42. The van der Waals surface area contributed by atoms with E-state index in [-0.39, 0.29) is 24.9 Å². The van der Waals surface area contributed by atoms with Gasteiger partial charge in [0.2, 0.25) is 5.91 Å². The lowest BCUT2D eigenvalue weighted by molar-refractivity contribution is -0.162. The van der Waals surface area contributed by atoms with E-state index in [1.165, 1.54) is 4.90 Å². The number of alkyl halides is 3. The number of ether oxygens (including phenoxy) is 1. The molecule has 0 saturated carbocycles. The maximum atomic E-state index is 12.6. The number of piperidine rings is 1. The van der Waals surface area contributed by atoms with E-state index < -0.39 is 18.9 Å². The van der Waals surface area contributed by atoms with Crippen LogP contribution in [0.3, 0.4) is 0 Å². The zero-order valence-electron chi connectivity index (χ0n) is 15.9. The molecule has 0 spiro atoms. The van der Waals surface area contributed by atoms with Crippen LogP contribution in [0.2, 0.25) is 5.02 Å². The third-order valence-corrected chi connectivity index (χ3v) is 5.10. The summed E-state index contributed by atoms with van der Waals surface area (Å²) < 4.78 is 42.3. The molecule has 1 saturated heterocycles. The average Bonchev–Trinajstić information content (AvgIpc) is 3.14. The van der Waals surface area contributed by atoms with Gasteiger partial charge in [0.1, 0.15) is 5.82 Å². The second-order valence-corrected chi connectivity index (χ2v) is 7.29. The van der Waals surface area contributed by atoms with Crippen LogP contribution in [0.4, 0.5) is 23.8 Å². The van der Waals surface area contributed by atoms with Gasteiger partial charge in [-0.2, -0.15) is 18.3 Å². The molecule has 1 aliphatic heterocycles. The Kier molecular flexibility index (Phi) is 6.86. The Hall–Kier alpha value is -2.75. The standard InChI is InChI=1S/C19H20ClF3N4O3/c20-15-4-2-1-3-14(15)11-27-16(5-8-24-27)25-17(28)13-6-9-26(10-7-13)18(29)30-12-19(21,22)23/h1-5,8,13H,6-7,9-12H2,(H,25,28). The summed E-state index contributed by atoms with van der Waals surface area (Å²) in [5.41, 5.74) is 0.851. The van der Waals surface area contributed by atoms with Gasteiger partial charge in [-0.25, -0.2) is 9.48 Å². The fourth-order valence-corrected chi connectivity index (χ4v) is 3.34. The Balaban J connectivity index is 1.52. The van der Waals surface area contributed by atoms with Gasteiger partial charge < -0.3 is 15.0 Å². The number of rotatable bonds is 5. The van der Waals surface area contributed by atoms with Crippen LogP contribution in [0.25, 0.3) is 0 Å². The summed E-state index contributed by atoms with van der Waals surface area (Å²) >= 11 is 6.17. The van der Waals surface area contributed by atoms with E-state index in [0.29, 0.717) is 30.2 Å². The number of nitrogens with one attached hydrogen (secondary N) is 1. The summed E-state index contributed by atoms with van der Waals surface area (Å²) in [5, 5.41) is 7.62. The normalized spacial score (nSPS) is 15.1. The van der Waals surface area contributed by atoms with Crippen LogP contribution in [0.1, 0.15) is 18.4 Å². The van der Waals surface area contributed by atoms with E-state index in [1.54, 1.807) is 23.0 Å². The molecule has 0 unspecified atom stereocenters. The fourth-order valence-electron chi connectivity index (χ4n) is 3.14. The van der Waals surface area contributed by atoms with Crippen molar-refractivity contribution >= 4 is 29.4 Å². The van der Waals surface area contributed by atoms with Crippen LogP contribution >= 0.6 is 11.6 Å². The van der Waals surface area contributed by atoms with Crippen LogP contribution in [-0.4, -0.2) is 52.6 Å². The van der Waals surface area contributed by atoms with Crippen molar-refractivity contribution in [3.05, 3.63) is 47.1 Å². The van der Waals surface area contributed by atoms with Crippen molar-refractivity contribution in [3.63, 3.8) is 0 Å². The van der Waals surface area contributed by atoms with Crippen LogP contribution < -0.4 is 5.32 Å². The molecule has 1 fully saturated rings. The highest BCUT2D eigenvalue weighted by Gasteiger charge is 2.33. The number of benzene rings is 1. The monoisotopic (exact) mass is 444 g/mol. The Labute approximate surface area is 175 Å². The molecule has 0 aliphatic carbocycles. The van der Waals surface area contributed by atoms with Gasteiger partial charge in [-0.05, 0) is 24.5 Å². The molecule has 1 N–H and O–H groups in total. The predicted octanol–water partition coefficient (Wildman–Crippen LogP) is 3.93. The zero-order valence-corrected chi connectivity index (χ0v) is 16.6. The number of likely N-dealkylation sites (tertiary alicyclic amines) is 1.